The van der Waals surface area contributed by atoms with E-state index in [1.807, 2.05) is 84.9 Å². The smallest absolute Gasteiger partial charge is 0.223 e. The number of hydrogen-bond acceptors (Lipinski definition) is 3. The lowest BCUT2D eigenvalue weighted by Gasteiger charge is -2.11. The van der Waals surface area contributed by atoms with Crippen LogP contribution in [0.3, 0.4) is 0 Å². The molecule has 0 aliphatic rings. The van der Waals surface area contributed by atoms with Gasteiger partial charge in [0.2, 0.25) is 5.78 Å². The third-order valence-corrected chi connectivity index (χ3v) is 7.84. The van der Waals surface area contributed by atoms with Gasteiger partial charge >= 0.3 is 0 Å². The van der Waals surface area contributed by atoms with Gasteiger partial charge in [0.15, 0.2) is 11.5 Å². The minimum atomic E-state index is 0.634. The number of aromatic nitrogens is 6. The Morgan fingerprint density at radius 1 is 0.581 bits per heavy atom. The first-order valence-electron chi connectivity index (χ1n) is 14.1. The fourth-order valence-corrected chi connectivity index (χ4v) is 5.97. The van der Waals surface area contributed by atoms with Gasteiger partial charge in [-0.05, 0) is 30.4 Å². The lowest BCUT2D eigenvalue weighted by molar-refractivity contribution is 0.985. The molecule has 0 spiro atoms. The average Bonchev–Trinajstić information content (AvgIpc) is 3.70. The van der Waals surface area contributed by atoms with E-state index >= 15 is 0 Å². The van der Waals surface area contributed by atoms with Crippen LogP contribution in [0.2, 0.25) is 0 Å². The molecule has 8 rings (SSSR count). The molecule has 0 saturated heterocycles. The van der Waals surface area contributed by atoms with Crippen LogP contribution in [0.1, 0.15) is 11.4 Å². The molecule has 204 valence electrons. The van der Waals surface area contributed by atoms with Gasteiger partial charge in [-0.15, -0.1) is 0 Å². The number of nitrogens with zero attached hydrogens (tertiary/aromatic N) is 6. The second-order valence-electron chi connectivity index (χ2n) is 10.3. The quantitative estimate of drug-likeness (QED) is 0.207. The Morgan fingerprint density at radius 2 is 1.21 bits per heavy atom. The monoisotopic (exact) mass is 554 g/mol. The molecule has 0 bridgehead atoms. The van der Waals surface area contributed by atoms with E-state index in [0.29, 0.717) is 11.6 Å². The first kappa shape index (κ1) is 24.8. The van der Waals surface area contributed by atoms with Gasteiger partial charge in [-0.3, -0.25) is 13.5 Å². The summed E-state index contributed by atoms with van der Waals surface area (Å²) in [4.78, 5) is 15.4. The Morgan fingerprint density at radius 3 is 1.91 bits per heavy atom. The van der Waals surface area contributed by atoms with Crippen LogP contribution in [-0.2, 0) is 0 Å². The maximum absolute atomic E-state index is 5.32. The minimum absolute atomic E-state index is 0.634. The Hall–Kier alpha value is -6.01. The van der Waals surface area contributed by atoms with Crippen LogP contribution in [0.25, 0.3) is 74.1 Å². The Balaban J connectivity index is 1.50. The van der Waals surface area contributed by atoms with E-state index in [0.717, 1.165) is 61.7 Å². The summed E-state index contributed by atoms with van der Waals surface area (Å²) in [7, 11) is 0. The first-order chi connectivity index (χ1) is 21.3. The van der Waals surface area contributed by atoms with Gasteiger partial charge < -0.3 is 0 Å². The number of imidazole rings is 2. The maximum Gasteiger partial charge on any atom is 0.223 e. The van der Waals surface area contributed by atoms with Crippen molar-refractivity contribution in [3.8, 4) is 34.2 Å². The van der Waals surface area contributed by atoms with E-state index in [9.17, 15) is 0 Å². The molecule has 43 heavy (non-hydrogen) atoms. The highest BCUT2D eigenvalue weighted by Gasteiger charge is 2.26. The number of benzene rings is 4. The van der Waals surface area contributed by atoms with Crippen LogP contribution < -0.4 is 0 Å². The molecule has 0 radical (unpaired) electrons. The highest BCUT2D eigenvalue weighted by Crippen LogP contribution is 2.36. The summed E-state index contributed by atoms with van der Waals surface area (Å²) in [5, 5.41) is 1.10. The SMILES string of the molecule is C=Cc1c(C=C)n2c3c4ccccc4n(-c4ccccc4)c3nc2n1-c1cc(-c2ccccc2)nc(-c2ccccc2)n1. The zero-order chi connectivity index (χ0) is 28.9. The van der Waals surface area contributed by atoms with Gasteiger partial charge in [-0.1, -0.05) is 110 Å². The summed E-state index contributed by atoms with van der Waals surface area (Å²) < 4.78 is 6.45. The van der Waals surface area contributed by atoms with Crippen molar-refractivity contribution >= 4 is 40.0 Å². The number of fused-ring (bicyclic) bond motifs is 5. The topological polar surface area (TPSA) is 52.9 Å². The van der Waals surface area contributed by atoms with Crippen molar-refractivity contribution in [3.63, 3.8) is 0 Å². The molecule has 0 aliphatic heterocycles. The summed E-state index contributed by atoms with van der Waals surface area (Å²) in [5.41, 5.74) is 8.50. The molecule has 4 aromatic heterocycles. The molecule has 6 heteroatoms. The molecule has 0 atom stereocenters. The van der Waals surface area contributed by atoms with Crippen LogP contribution in [0.15, 0.2) is 134 Å². The molecule has 8 aromatic rings. The molecular weight excluding hydrogens is 528 g/mol. The molecule has 0 saturated carbocycles. The van der Waals surface area contributed by atoms with Crippen molar-refractivity contribution in [2.24, 2.45) is 0 Å². The Labute approximate surface area is 248 Å². The van der Waals surface area contributed by atoms with E-state index < -0.39 is 0 Å². The van der Waals surface area contributed by atoms with Crippen molar-refractivity contribution in [2.75, 3.05) is 0 Å². The molecule has 0 aliphatic carbocycles. The van der Waals surface area contributed by atoms with E-state index in [1.54, 1.807) is 0 Å². The summed E-state index contributed by atoms with van der Waals surface area (Å²) in [6, 6.07) is 41.0. The third-order valence-electron chi connectivity index (χ3n) is 7.84. The molecule has 4 heterocycles. The lowest BCUT2D eigenvalue weighted by atomic mass is 10.1. The molecule has 4 aromatic carbocycles. The van der Waals surface area contributed by atoms with Crippen LogP contribution >= 0.6 is 0 Å². The normalized spacial score (nSPS) is 11.4. The number of hydrogen-bond donors (Lipinski definition) is 0. The van der Waals surface area contributed by atoms with Crippen molar-refractivity contribution in [1.82, 2.24) is 28.5 Å². The zero-order valence-corrected chi connectivity index (χ0v) is 23.3. The van der Waals surface area contributed by atoms with Gasteiger partial charge in [0.1, 0.15) is 11.3 Å². The van der Waals surface area contributed by atoms with Crippen molar-refractivity contribution in [1.29, 1.82) is 0 Å². The van der Waals surface area contributed by atoms with E-state index in [1.165, 1.54) is 0 Å². The summed E-state index contributed by atoms with van der Waals surface area (Å²) in [6.07, 6.45) is 3.72. The van der Waals surface area contributed by atoms with Crippen LogP contribution in [0.5, 0.6) is 0 Å². The Bertz CT molecular complexity index is 2250. The fraction of sp³-hybridized carbons (Fsp3) is 0. The highest BCUT2D eigenvalue weighted by molar-refractivity contribution is 6.08. The van der Waals surface area contributed by atoms with E-state index in [4.69, 9.17) is 15.0 Å². The van der Waals surface area contributed by atoms with Crippen molar-refractivity contribution in [2.45, 2.75) is 0 Å². The summed E-state index contributed by atoms with van der Waals surface area (Å²) >= 11 is 0. The van der Waals surface area contributed by atoms with Gasteiger partial charge in [0.25, 0.3) is 0 Å². The molecule has 0 fully saturated rings. The average molecular weight is 555 g/mol. The fourth-order valence-electron chi connectivity index (χ4n) is 5.97. The van der Waals surface area contributed by atoms with E-state index in [-0.39, 0.29) is 0 Å². The van der Waals surface area contributed by atoms with Crippen LogP contribution in [-0.4, -0.2) is 28.5 Å². The van der Waals surface area contributed by atoms with Crippen LogP contribution in [0, 0.1) is 0 Å². The maximum atomic E-state index is 5.32. The van der Waals surface area contributed by atoms with E-state index in [2.05, 4.69) is 75.2 Å². The predicted octanol–water partition coefficient (Wildman–Crippen LogP) is 8.63. The number of rotatable bonds is 6. The second-order valence-corrected chi connectivity index (χ2v) is 10.3. The molecule has 0 amide bonds. The van der Waals surface area contributed by atoms with Crippen molar-refractivity contribution in [3.05, 3.63) is 146 Å². The molecular formula is C37H26N6. The first-order valence-corrected chi connectivity index (χ1v) is 14.1. The Kier molecular flexibility index (Phi) is 5.65. The summed E-state index contributed by atoms with van der Waals surface area (Å²) in [6.45, 7) is 8.41. The molecule has 6 nitrogen and oxygen atoms in total. The van der Waals surface area contributed by atoms with Gasteiger partial charge in [0, 0.05) is 28.3 Å². The second kappa shape index (κ2) is 9.82. The minimum Gasteiger partial charge on any atom is -0.292 e. The summed E-state index contributed by atoms with van der Waals surface area (Å²) in [5.74, 6) is 2.06. The van der Waals surface area contributed by atoms with Gasteiger partial charge in [-0.25, -0.2) is 9.97 Å². The van der Waals surface area contributed by atoms with Gasteiger partial charge in [0.05, 0.1) is 22.6 Å². The van der Waals surface area contributed by atoms with Crippen molar-refractivity contribution < 1.29 is 0 Å². The predicted molar refractivity (Wildman–Crippen MR) is 176 cm³/mol. The zero-order valence-electron chi connectivity index (χ0n) is 23.3. The third kappa shape index (κ3) is 3.77. The largest absolute Gasteiger partial charge is 0.292 e. The molecule has 0 N–H and O–H groups in total. The van der Waals surface area contributed by atoms with Gasteiger partial charge in [-0.2, -0.15) is 4.98 Å². The lowest BCUT2D eigenvalue weighted by Crippen LogP contribution is -2.05. The number of para-hydroxylation sites is 2. The standard InChI is InChI=1S/C37H26N6/c1-3-30-31(4-2)43-34-28-22-14-15-23-32(28)41(27-20-12-7-13-21-27)36(34)40-37(43)42(30)33-24-29(25-16-8-5-9-17-25)38-35(39-33)26-18-10-6-11-19-26/h3-24H,1-2H2. The van der Waals surface area contributed by atoms with Crippen LogP contribution in [0.4, 0.5) is 0 Å². The highest BCUT2D eigenvalue weighted by atomic mass is 15.3. The molecule has 0 unspecified atom stereocenters.